The van der Waals surface area contributed by atoms with E-state index in [4.69, 9.17) is 4.42 Å². The third-order valence-corrected chi connectivity index (χ3v) is 3.26. The number of ketones is 1. The minimum Gasteiger partial charge on any atom is -0.443 e. The third-order valence-electron chi connectivity index (χ3n) is 1.65. The minimum atomic E-state index is -0.0874. The lowest BCUT2D eigenvalue weighted by Gasteiger charge is -1.85. The van der Waals surface area contributed by atoms with Gasteiger partial charge in [0.25, 0.3) is 0 Å². The predicted octanol–water partition coefficient (Wildman–Crippen LogP) is 3.37. The van der Waals surface area contributed by atoms with Crippen LogP contribution in [0.3, 0.4) is 0 Å². The van der Waals surface area contributed by atoms with Crippen LogP contribution in [-0.2, 0) is 0 Å². The Hall–Kier alpha value is -0.940. The molecule has 0 radical (unpaired) electrons. The lowest BCUT2D eigenvalue weighted by molar-refractivity contribution is 0.101. The zero-order valence-electron chi connectivity index (χ0n) is 7.28. The second-order valence-electron chi connectivity index (χ2n) is 2.70. The first kappa shape index (κ1) is 9.61. The molecule has 2 aromatic rings. The molecule has 5 heteroatoms. The maximum Gasteiger partial charge on any atom is 0.236 e. The van der Waals surface area contributed by atoms with Crippen molar-refractivity contribution >= 4 is 33.0 Å². The Balaban J connectivity index is 2.38. The summed E-state index contributed by atoms with van der Waals surface area (Å²) < 4.78 is 6.19. The molecule has 0 fully saturated rings. The van der Waals surface area contributed by atoms with Crippen molar-refractivity contribution in [1.29, 1.82) is 0 Å². The van der Waals surface area contributed by atoms with Crippen LogP contribution in [0, 0.1) is 0 Å². The molecule has 0 saturated carbocycles. The molecule has 0 aliphatic rings. The van der Waals surface area contributed by atoms with E-state index < -0.39 is 0 Å². The molecule has 0 atom stereocenters. The van der Waals surface area contributed by atoms with E-state index in [1.54, 1.807) is 0 Å². The number of carbonyl (C=O) groups is 1. The fraction of sp³-hybridized carbons (Fsp3) is 0.111. The lowest BCUT2D eigenvalue weighted by Crippen LogP contribution is -1.90. The van der Waals surface area contributed by atoms with E-state index >= 15 is 0 Å². The van der Waals surface area contributed by atoms with Crippen LogP contribution in [0.15, 0.2) is 26.6 Å². The average molecular weight is 272 g/mol. The van der Waals surface area contributed by atoms with Crippen LogP contribution < -0.4 is 0 Å². The predicted molar refractivity (Wildman–Crippen MR) is 57.5 cm³/mol. The molecule has 0 amide bonds. The SMILES string of the molecule is CC(=O)c1coc(-c2ccc(Br)s2)n1. The van der Waals surface area contributed by atoms with E-state index in [1.165, 1.54) is 24.5 Å². The van der Waals surface area contributed by atoms with Crippen molar-refractivity contribution < 1.29 is 9.21 Å². The molecule has 0 unspecified atom stereocenters. The van der Waals surface area contributed by atoms with Crippen LogP contribution in [0.1, 0.15) is 17.4 Å². The number of rotatable bonds is 2. The Morgan fingerprint density at radius 3 is 2.86 bits per heavy atom. The summed E-state index contributed by atoms with van der Waals surface area (Å²) in [5.41, 5.74) is 0.365. The normalized spacial score (nSPS) is 10.4. The number of oxazole rings is 1. The molecule has 0 bridgehead atoms. The lowest BCUT2D eigenvalue weighted by atomic mass is 10.3. The van der Waals surface area contributed by atoms with Crippen molar-refractivity contribution in [2.45, 2.75) is 6.92 Å². The molecular weight excluding hydrogens is 266 g/mol. The zero-order chi connectivity index (χ0) is 10.1. The summed E-state index contributed by atoms with van der Waals surface area (Å²) in [5, 5.41) is 0. The molecule has 14 heavy (non-hydrogen) atoms. The first-order valence-corrected chi connectivity index (χ1v) is 5.50. The van der Waals surface area contributed by atoms with Crippen LogP contribution in [0.25, 0.3) is 10.8 Å². The van der Waals surface area contributed by atoms with Gasteiger partial charge in [-0.25, -0.2) is 4.98 Å². The highest BCUT2D eigenvalue weighted by atomic mass is 79.9. The van der Waals surface area contributed by atoms with Crippen molar-refractivity contribution in [3.63, 3.8) is 0 Å². The van der Waals surface area contributed by atoms with Gasteiger partial charge in [0.05, 0.1) is 8.66 Å². The second kappa shape index (κ2) is 3.67. The van der Waals surface area contributed by atoms with Crippen molar-refractivity contribution in [2.75, 3.05) is 0 Å². The van der Waals surface area contributed by atoms with Gasteiger partial charge in [0.1, 0.15) is 12.0 Å². The summed E-state index contributed by atoms with van der Waals surface area (Å²) in [4.78, 5) is 15.9. The molecule has 0 saturated heterocycles. The molecule has 2 aromatic heterocycles. The number of halogens is 1. The van der Waals surface area contributed by atoms with Gasteiger partial charge in [-0.1, -0.05) is 0 Å². The van der Waals surface area contributed by atoms with E-state index in [0.29, 0.717) is 11.6 Å². The van der Waals surface area contributed by atoms with E-state index in [9.17, 15) is 4.79 Å². The summed E-state index contributed by atoms with van der Waals surface area (Å²) in [7, 11) is 0. The Morgan fingerprint density at radius 2 is 2.36 bits per heavy atom. The van der Waals surface area contributed by atoms with Crippen LogP contribution in [0.5, 0.6) is 0 Å². The fourth-order valence-electron chi connectivity index (χ4n) is 0.978. The van der Waals surface area contributed by atoms with Crippen LogP contribution in [0.4, 0.5) is 0 Å². The summed E-state index contributed by atoms with van der Waals surface area (Å²) >= 11 is 4.86. The number of nitrogens with zero attached hydrogens (tertiary/aromatic N) is 1. The van der Waals surface area contributed by atoms with Gasteiger partial charge in [-0.15, -0.1) is 11.3 Å². The summed E-state index contributed by atoms with van der Waals surface area (Å²) in [5.74, 6) is 0.404. The van der Waals surface area contributed by atoms with Gasteiger partial charge in [-0.2, -0.15) is 0 Å². The highest BCUT2D eigenvalue weighted by molar-refractivity contribution is 9.11. The molecule has 2 rings (SSSR count). The van der Waals surface area contributed by atoms with Crippen molar-refractivity contribution in [3.05, 3.63) is 27.9 Å². The monoisotopic (exact) mass is 271 g/mol. The Labute approximate surface area is 92.9 Å². The summed E-state index contributed by atoms with van der Waals surface area (Å²) in [6.07, 6.45) is 1.38. The van der Waals surface area contributed by atoms with Crippen molar-refractivity contribution in [2.24, 2.45) is 0 Å². The van der Waals surface area contributed by atoms with E-state index in [2.05, 4.69) is 20.9 Å². The number of hydrogen-bond donors (Lipinski definition) is 0. The highest BCUT2D eigenvalue weighted by Gasteiger charge is 2.10. The van der Waals surface area contributed by atoms with Gasteiger partial charge in [0, 0.05) is 6.92 Å². The van der Waals surface area contributed by atoms with E-state index in [0.717, 1.165) is 8.66 Å². The van der Waals surface area contributed by atoms with Gasteiger partial charge in [0.2, 0.25) is 5.89 Å². The maximum absolute atomic E-state index is 11.0. The summed E-state index contributed by atoms with van der Waals surface area (Å²) in [6.45, 7) is 1.46. The largest absolute Gasteiger partial charge is 0.443 e. The molecule has 2 heterocycles. The topological polar surface area (TPSA) is 43.1 Å². The second-order valence-corrected chi connectivity index (χ2v) is 5.16. The zero-order valence-corrected chi connectivity index (χ0v) is 9.68. The van der Waals surface area contributed by atoms with E-state index in [1.807, 2.05) is 12.1 Å². The first-order chi connectivity index (χ1) is 6.66. The Morgan fingerprint density at radius 1 is 1.57 bits per heavy atom. The average Bonchev–Trinajstić information content (AvgIpc) is 2.70. The standard InChI is InChI=1S/C9H6BrNO2S/c1-5(12)6-4-13-9(11-6)7-2-3-8(10)14-7/h2-4H,1H3. The number of hydrogen-bond acceptors (Lipinski definition) is 4. The number of thiophene rings is 1. The fourth-order valence-corrected chi connectivity index (χ4v) is 2.30. The smallest absolute Gasteiger partial charge is 0.236 e. The highest BCUT2D eigenvalue weighted by Crippen LogP contribution is 2.30. The Kier molecular flexibility index (Phi) is 2.52. The van der Waals surface area contributed by atoms with Gasteiger partial charge < -0.3 is 4.42 Å². The first-order valence-electron chi connectivity index (χ1n) is 3.89. The quantitative estimate of drug-likeness (QED) is 0.787. The van der Waals surface area contributed by atoms with Crippen LogP contribution in [0.2, 0.25) is 0 Å². The minimum absolute atomic E-state index is 0.0874. The molecule has 3 nitrogen and oxygen atoms in total. The van der Waals surface area contributed by atoms with Crippen LogP contribution in [-0.4, -0.2) is 10.8 Å². The number of aromatic nitrogens is 1. The summed E-state index contributed by atoms with van der Waals surface area (Å²) in [6, 6.07) is 3.81. The van der Waals surface area contributed by atoms with Crippen LogP contribution >= 0.6 is 27.3 Å². The molecule has 0 aliphatic carbocycles. The van der Waals surface area contributed by atoms with Gasteiger partial charge in [-0.05, 0) is 28.1 Å². The molecule has 0 spiro atoms. The number of Topliss-reactive ketones (excluding diaryl/α,β-unsaturated/α-hetero) is 1. The van der Waals surface area contributed by atoms with Gasteiger partial charge in [0.15, 0.2) is 5.78 Å². The molecule has 0 aromatic carbocycles. The molecule has 0 N–H and O–H groups in total. The van der Waals surface area contributed by atoms with E-state index in [-0.39, 0.29) is 5.78 Å². The molecular formula is C9H6BrNO2S. The Bertz CT molecular complexity index is 475. The van der Waals surface area contributed by atoms with Gasteiger partial charge >= 0.3 is 0 Å². The third kappa shape index (κ3) is 1.78. The van der Waals surface area contributed by atoms with Gasteiger partial charge in [-0.3, -0.25) is 4.79 Å². The number of carbonyl (C=O) groups excluding carboxylic acids is 1. The molecule has 0 aliphatic heterocycles. The maximum atomic E-state index is 11.0. The van der Waals surface area contributed by atoms with Crippen molar-refractivity contribution in [1.82, 2.24) is 4.98 Å². The van der Waals surface area contributed by atoms with Crippen molar-refractivity contribution in [3.8, 4) is 10.8 Å². The molecule has 72 valence electrons.